The van der Waals surface area contributed by atoms with E-state index in [1.54, 1.807) is 11.2 Å². The fourth-order valence-corrected chi connectivity index (χ4v) is 3.66. The third kappa shape index (κ3) is 3.45. The van der Waals surface area contributed by atoms with Crippen molar-refractivity contribution in [3.63, 3.8) is 0 Å². The zero-order chi connectivity index (χ0) is 18.4. The SMILES string of the molecule is CC(C)(C)CC(C)(C)c1cc(O)c(O)c(N2Nc3ccccc3N2)c1. The minimum Gasteiger partial charge on any atom is -0.504 e. The molecule has 0 bridgehead atoms. The molecule has 0 fully saturated rings. The van der Waals surface area contributed by atoms with Gasteiger partial charge in [0, 0.05) is 0 Å². The Hall–Kier alpha value is -2.56. The van der Waals surface area contributed by atoms with Crippen molar-refractivity contribution in [3.05, 3.63) is 42.0 Å². The van der Waals surface area contributed by atoms with E-state index in [1.165, 1.54) is 0 Å². The number of phenolic OH excluding ortho intramolecular Hbond substituents is 2. The Morgan fingerprint density at radius 3 is 2.00 bits per heavy atom. The van der Waals surface area contributed by atoms with Crippen molar-refractivity contribution < 1.29 is 10.2 Å². The number of hydrogen-bond donors (Lipinski definition) is 4. The molecule has 0 radical (unpaired) electrons. The summed E-state index contributed by atoms with van der Waals surface area (Å²) >= 11 is 0. The zero-order valence-electron chi connectivity index (χ0n) is 15.5. The van der Waals surface area contributed by atoms with Crippen molar-refractivity contribution in [2.75, 3.05) is 16.0 Å². The van der Waals surface area contributed by atoms with Crippen molar-refractivity contribution in [1.82, 2.24) is 0 Å². The Labute approximate surface area is 149 Å². The molecule has 0 aromatic heterocycles. The molecule has 2 aromatic carbocycles. The van der Waals surface area contributed by atoms with E-state index in [0.717, 1.165) is 23.4 Å². The summed E-state index contributed by atoms with van der Waals surface area (Å²) in [6.45, 7) is 10.9. The summed E-state index contributed by atoms with van der Waals surface area (Å²) in [6.07, 6.45) is 0.949. The minimum atomic E-state index is -0.150. The summed E-state index contributed by atoms with van der Waals surface area (Å²) in [6, 6.07) is 11.4. The third-order valence-electron chi connectivity index (χ3n) is 4.46. The maximum Gasteiger partial charge on any atom is 0.185 e. The van der Waals surface area contributed by atoms with Gasteiger partial charge in [-0.1, -0.05) is 46.8 Å². The van der Waals surface area contributed by atoms with Gasteiger partial charge in [0.1, 0.15) is 5.69 Å². The normalized spacial score (nSPS) is 14.0. The van der Waals surface area contributed by atoms with E-state index in [2.05, 4.69) is 45.5 Å². The number of phenols is 2. The number of hydrazine groups is 2. The zero-order valence-corrected chi connectivity index (χ0v) is 15.5. The fourth-order valence-electron chi connectivity index (χ4n) is 3.66. The van der Waals surface area contributed by atoms with Crippen molar-refractivity contribution in [3.8, 4) is 11.5 Å². The lowest BCUT2D eigenvalue weighted by atomic mass is 9.72. The average Bonchev–Trinajstić information content (AvgIpc) is 2.90. The smallest absolute Gasteiger partial charge is 0.185 e. The molecule has 5 heteroatoms. The Bertz CT molecular complexity index is 769. The molecule has 0 saturated carbocycles. The second-order valence-electron chi connectivity index (χ2n) is 8.59. The molecule has 134 valence electrons. The monoisotopic (exact) mass is 341 g/mol. The molecular weight excluding hydrogens is 314 g/mol. The highest BCUT2D eigenvalue weighted by atomic mass is 16.3. The van der Waals surface area contributed by atoms with Gasteiger partial charge in [-0.05, 0) is 47.1 Å². The molecule has 3 rings (SSSR count). The molecule has 0 aliphatic carbocycles. The van der Waals surface area contributed by atoms with E-state index in [1.807, 2.05) is 30.3 Å². The van der Waals surface area contributed by atoms with E-state index < -0.39 is 0 Å². The fraction of sp³-hybridized carbons (Fsp3) is 0.400. The molecule has 0 amide bonds. The molecule has 4 N–H and O–H groups in total. The number of rotatable bonds is 3. The first-order valence-corrected chi connectivity index (χ1v) is 8.56. The van der Waals surface area contributed by atoms with Crippen LogP contribution in [-0.4, -0.2) is 10.2 Å². The average molecular weight is 341 g/mol. The van der Waals surface area contributed by atoms with Gasteiger partial charge in [-0.3, -0.25) is 10.9 Å². The van der Waals surface area contributed by atoms with Crippen LogP contribution in [-0.2, 0) is 5.41 Å². The number of para-hydroxylation sites is 2. The van der Waals surface area contributed by atoms with Gasteiger partial charge in [0.05, 0.1) is 11.4 Å². The molecule has 1 aliphatic heterocycles. The van der Waals surface area contributed by atoms with Crippen LogP contribution in [0.1, 0.15) is 46.6 Å². The number of fused-ring (bicyclic) bond motifs is 1. The van der Waals surface area contributed by atoms with E-state index >= 15 is 0 Å². The van der Waals surface area contributed by atoms with Gasteiger partial charge in [-0.2, -0.15) is 5.12 Å². The van der Waals surface area contributed by atoms with Crippen LogP contribution in [0.25, 0.3) is 0 Å². The highest BCUT2D eigenvalue weighted by molar-refractivity contribution is 5.81. The van der Waals surface area contributed by atoms with Crippen LogP contribution in [0.3, 0.4) is 0 Å². The summed E-state index contributed by atoms with van der Waals surface area (Å²) in [5.74, 6) is -0.267. The predicted molar refractivity (Wildman–Crippen MR) is 103 cm³/mol. The molecule has 0 atom stereocenters. The van der Waals surface area contributed by atoms with Gasteiger partial charge in [0.25, 0.3) is 0 Å². The lowest BCUT2D eigenvalue weighted by molar-refractivity contribution is 0.283. The number of hydrogen-bond acceptors (Lipinski definition) is 5. The molecular formula is C20H27N3O2. The second kappa shape index (κ2) is 5.76. The molecule has 0 unspecified atom stereocenters. The number of nitrogens with one attached hydrogen (secondary N) is 2. The number of benzene rings is 2. The Morgan fingerprint density at radius 2 is 1.48 bits per heavy atom. The van der Waals surface area contributed by atoms with Crippen LogP contribution >= 0.6 is 0 Å². The number of aromatic hydroxyl groups is 2. The molecule has 5 nitrogen and oxygen atoms in total. The summed E-state index contributed by atoms with van der Waals surface area (Å²) in [5, 5.41) is 22.3. The van der Waals surface area contributed by atoms with E-state index in [-0.39, 0.29) is 22.3 Å². The van der Waals surface area contributed by atoms with Crippen molar-refractivity contribution >= 4 is 17.1 Å². The van der Waals surface area contributed by atoms with Gasteiger partial charge in [0.15, 0.2) is 11.5 Å². The first-order chi connectivity index (χ1) is 11.6. The second-order valence-corrected chi connectivity index (χ2v) is 8.59. The van der Waals surface area contributed by atoms with Crippen molar-refractivity contribution in [1.29, 1.82) is 0 Å². The number of anilines is 3. The first kappa shape index (κ1) is 17.3. The molecule has 2 aromatic rings. The van der Waals surface area contributed by atoms with Gasteiger partial charge >= 0.3 is 0 Å². The molecule has 0 spiro atoms. The van der Waals surface area contributed by atoms with Crippen molar-refractivity contribution in [2.24, 2.45) is 5.41 Å². The lowest BCUT2D eigenvalue weighted by Gasteiger charge is -2.34. The van der Waals surface area contributed by atoms with E-state index in [0.29, 0.717) is 5.69 Å². The van der Waals surface area contributed by atoms with Crippen LogP contribution in [0.5, 0.6) is 11.5 Å². The maximum absolute atomic E-state index is 10.4. The summed E-state index contributed by atoms with van der Waals surface area (Å²) < 4.78 is 0. The van der Waals surface area contributed by atoms with Gasteiger partial charge in [0.2, 0.25) is 0 Å². The van der Waals surface area contributed by atoms with E-state index in [4.69, 9.17) is 0 Å². The van der Waals surface area contributed by atoms with Crippen LogP contribution < -0.4 is 16.0 Å². The van der Waals surface area contributed by atoms with Gasteiger partial charge in [-0.15, -0.1) is 0 Å². The van der Waals surface area contributed by atoms with Crippen LogP contribution in [0.4, 0.5) is 17.1 Å². The van der Waals surface area contributed by atoms with Gasteiger partial charge < -0.3 is 10.2 Å². The molecule has 25 heavy (non-hydrogen) atoms. The van der Waals surface area contributed by atoms with Crippen LogP contribution in [0.2, 0.25) is 0 Å². The van der Waals surface area contributed by atoms with Crippen molar-refractivity contribution in [2.45, 2.75) is 46.5 Å². The quantitative estimate of drug-likeness (QED) is 0.593. The highest BCUT2D eigenvalue weighted by Crippen LogP contribution is 2.45. The lowest BCUT2D eigenvalue weighted by Crippen LogP contribution is -2.30. The first-order valence-electron chi connectivity index (χ1n) is 8.56. The Morgan fingerprint density at radius 1 is 0.920 bits per heavy atom. The molecule has 1 heterocycles. The Balaban J connectivity index is 1.98. The highest BCUT2D eigenvalue weighted by Gasteiger charge is 2.30. The summed E-state index contributed by atoms with van der Waals surface area (Å²) in [7, 11) is 0. The standard InChI is InChI=1S/C20H27N3O2/c1-19(2,3)12-20(4,5)13-10-16(18(25)17(24)11-13)23-21-14-8-6-7-9-15(14)22-23/h6-11,21-22,24-25H,12H2,1-5H3. The molecule has 1 aliphatic rings. The topological polar surface area (TPSA) is 67.8 Å². The molecule has 0 saturated heterocycles. The Kier molecular flexibility index (Phi) is 3.98. The summed E-state index contributed by atoms with van der Waals surface area (Å²) in [4.78, 5) is 0. The minimum absolute atomic E-state index is 0.117. The predicted octanol–water partition coefficient (Wildman–Crippen LogP) is 4.99. The van der Waals surface area contributed by atoms with Crippen LogP contribution in [0.15, 0.2) is 36.4 Å². The maximum atomic E-state index is 10.4. The van der Waals surface area contributed by atoms with Crippen LogP contribution in [0, 0.1) is 5.41 Å². The summed E-state index contributed by atoms with van der Waals surface area (Å²) in [5.41, 5.74) is 9.70. The van der Waals surface area contributed by atoms with Gasteiger partial charge in [-0.25, -0.2) is 0 Å². The third-order valence-corrected chi connectivity index (χ3v) is 4.46. The van der Waals surface area contributed by atoms with E-state index in [9.17, 15) is 10.2 Å². The largest absolute Gasteiger partial charge is 0.504 e. The number of nitrogens with zero attached hydrogens (tertiary/aromatic N) is 1.